The monoisotopic (exact) mass is 305 g/mol. The van der Waals surface area contributed by atoms with Crippen LogP contribution in [0.5, 0.6) is 0 Å². The zero-order valence-electron chi connectivity index (χ0n) is 10.8. The van der Waals surface area contributed by atoms with Crippen LogP contribution in [0.4, 0.5) is 18.0 Å². The topological polar surface area (TPSA) is 104 Å². The number of urea groups is 1. The van der Waals surface area contributed by atoms with Crippen molar-refractivity contribution < 1.29 is 27.9 Å². The molecule has 0 fully saturated rings. The molecule has 0 bridgehead atoms. The number of carboxylic acid groups (broad SMARTS) is 1. The van der Waals surface area contributed by atoms with Crippen molar-refractivity contribution in [3.63, 3.8) is 0 Å². The van der Waals surface area contributed by atoms with E-state index in [0.717, 1.165) is 12.1 Å². The second kappa shape index (κ2) is 6.93. The summed E-state index contributed by atoms with van der Waals surface area (Å²) in [6, 6.07) is 2.43. The van der Waals surface area contributed by atoms with Crippen molar-refractivity contribution in [2.45, 2.75) is 18.8 Å². The summed E-state index contributed by atoms with van der Waals surface area (Å²) in [7, 11) is 0. The number of rotatable bonds is 5. The van der Waals surface area contributed by atoms with Gasteiger partial charge in [0, 0.05) is 13.1 Å². The number of aliphatic carboxylic acids is 1. The van der Waals surface area contributed by atoms with Gasteiger partial charge in [-0.3, -0.25) is 4.79 Å². The molecule has 6 nitrogen and oxygen atoms in total. The maximum atomic E-state index is 12.3. The lowest BCUT2D eigenvalue weighted by Gasteiger charge is -2.11. The van der Waals surface area contributed by atoms with E-state index in [9.17, 15) is 22.8 Å². The lowest BCUT2D eigenvalue weighted by atomic mass is 10.1. The van der Waals surface area contributed by atoms with Crippen LogP contribution >= 0.6 is 0 Å². The summed E-state index contributed by atoms with van der Waals surface area (Å²) < 4.78 is 37.0. The van der Waals surface area contributed by atoms with Gasteiger partial charge >= 0.3 is 18.2 Å². The summed E-state index contributed by atoms with van der Waals surface area (Å²) in [6.07, 6.45) is -4.41. The molecule has 1 unspecified atom stereocenters. The smallest absolute Gasteiger partial charge is 0.416 e. The molecule has 1 rings (SSSR count). The number of carbonyl (C=O) groups is 2. The summed E-state index contributed by atoms with van der Waals surface area (Å²) in [6.45, 7) is -0.250. The first-order valence-electron chi connectivity index (χ1n) is 5.86. The second-order valence-electron chi connectivity index (χ2n) is 4.20. The van der Waals surface area contributed by atoms with E-state index in [-0.39, 0.29) is 13.1 Å². The van der Waals surface area contributed by atoms with Gasteiger partial charge in [-0.25, -0.2) is 4.79 Å². The van der Waals surface area contributed by atoms with E-state index in [0.29, 0.717) is 5.56 Å². The van der Waals surface area contributed by atoms with E-state index in [2.05, 4.69) is 10.6 Å². The summed E-state index contributed by atoms with van der Waals surface area (Å²) in [5, 5.41) is 13.1. The quantitative estimate of drug-likeness (QED) is 0.649. The number of nitrogens with one attached hydrogen (secondary N) is 2. The van der Waals surface area contributed by atoms with E-state index >= 15 is 0 Å². The molecule has 21 heavy (non-hydrogen) atoms. The third-order valence-electron chi connectivity index (χ3n) is 2.53. The molecule has 5 N–H and O–H groups in total. The second-order valence-corrected chi connectivity index (χ2v) is 4.20. The van der Waals surface area contributed by atoms with Crippen molar-refractivity contribution in [3.05, 3.63) is 35.4 Å². The highest BCUT2D eigenvalue weighted by molar-refractivity contribution is 5.77. The Kier molecular flexibility index (Phi) is 5.53. The highest BCUT2D eigenvalue weighted by Crippen LogP contribution is 2.28. The molecule has 1 atom stereocenters. The Hall–Kier alpha value is -2.29. The molecule has 0 aromatic heterocycles. The van der Waals surface area contributed by atoms with Gasteiger partial charge in [0.1, 0.15) is 6.04 Å². The van der Waals surface area contributed by atoms with E-state index < -0.39 is 29.8 Å². The number of amides is 2. The molecule has 0 heterocycles. The van der Waals surface area contributed by atoms with Crippen molar-refractivity contribution in [1.29, 1.82) is 0 Å². The Balaban J connectivity index is 2.41. The van der Waals surface area contributed by atoms with Crippen LogP contribution in [0.15, 0.2) is 24.3 Å². The molecule has 0 aliphatic rings. The fourth-order valence-electron chi connectivity index (χ4n) is 1.35. The third-order valence-corrected chi connectivity index (χ3v) is 2.53. The lowest BCUT2D eigenvalue weighted by Crippen LogP contribution is -2.45. The van der Waals surface area contributed by atoms with Crippen LogP contribution in [-0.2, 0) is 17.5 Å². The molecule has 0 aliphatic carbocycles. The normalized spacial score (nSPS) is 12.6. The molecule has 116 valence electrons. The Morgan fingerprint density at radius 3 is 2.24 bits per heavy atom. The van der Waals surface area contributed by atoms with Crippen LogP contribution in [0.3, 0.4) is 0 Å². The zero-order chi connectivity index (χ0) is 16.0. The number of halogens is 3. The maximum absolute atomic E-state index is 12.3. The van der Waals surface area contributed by atoms with Gasteiger partial charge in [0.25, 0.3) is 0 Å². The molecule has 9 heteroatoms. The molecule has 0 saturated carbocycles. The van der Waals surface area contributed by atoms with Gasteiger partial charge in [0.15, 0.2) is 0 Å². The van der Waals surface area contributed by atoms with E-state index in [4.69, 9.17) is 10.8 Å². The molecule has 0 aliphatic heterocycles. The number of hydrogen-bond donors (Lipinski definition) is 4. The minimum Gasteiger partial charge on any atom is -0.480 e. The Morgan fingerprint density at radius 1 is 1.19 bits per heavy atom. The average molecular weight is 305 g/mol. The third kappa shape index (κ3) is 5.69. The van der Waals surface area contributed by atoms with Crippen LogP contribution in [0, 0.1) is 0 Å². The fourth-order valence-corrected chi connectivity index (χ4v) is 1.35. The van der Waals surface area contributed by atoms with Gasteiger partial charge < -0.3 is 21.5 Å². The van der Waals surface area contributed by atoms with Crippen molar-refractivity contribution >= 4 is 12.0 Å². The van der Waals surface area contributed by atoms with Crippen molar-refractivity contribution in [2.24, 2.45) is 5.73 Å². The van der Waals surface area contributed by atoms with Gasteiger partial charge in [0.2, 0.25) is 0 Å². The zero-order valence-corrected chi connectivity index (χ0v) is 10.8. The van der Waals surface area contributed by atoms with Gasteiger partial charge in [-0.1, -0.05) is 12.1 Å². The first-order valence-corrected chi connectivity index (χ1v) is 5.86. The minimum atomic E-state index is -4.41. The molecule has 1 aromatic carbocycles. The van der Waals surface area contributed by atoms with Crippen LogP contribution in [-0.4, -0.2) is 29.7 Å². The fraction of sp³-hybridized carbons (Fsp3) is 0.333. The van der Waals surface area contributed by atoms with Crippen LogP contribution in [0.1, 0.15) is 11.1 Å². The summed E-state index contributed by atoms with van der Waals surface area (Å²) in [5.74, 6) is -1.25. The molecule has 2 amide bonds. The molecular formula is C12H14F3N3O3. The van der Waals surface area contributed by atoms with Crippen LogP contribution in [0.25, 0.3) is 0 Å². The maximum Gasteiger partial charge on any atom is 0.416 e. The van der Waals surface area contributed by atoms with Gasteiger partial charge in [-0.15, -0.1) is 0 Å². The number of alkyl halides is 3. The molecule has 0 spiro atoms. The van der Waals surface area contributed by atoms with E-state index in [1.807, 2.05) is 0 Å². The molecule has 1 aromatic rings. The van der Waals surface area contributed by atoms with Crippen LogP contribution in [0.2, 0.25) is 0 Å². The number of hydrogen-bond acceptors (Lipinski definition) is 3. The Morgan fingerprint density at radius 2 is 1.76 bits per heavy atom. The lowest BCUT2D eigenvalue weighted by molar-refractivity contribution is -0.138. The van der Waals surface area contributed by atoms with Crippen molar-refractivity contribution in [3.8, 4) is 0 Å². The summed E-state index contributed by atoms with van der Waals surface area (Å²) in [5.41, 5.74) is 4.88. The number of carbonyl (C=O) groups excluding carboxylic acids is 1. The SMILES string of the molecule is NC(CNC(=O)NCc1ccc(C(F)(F)F)cc1)C(=O)O. The van der Waals surface area contributed by atoms with E-state index in [1.54, 1.807) is 0 Å². The number of benzene rings is 1. The Labute approximate surface area is 118 Å². The standard InChI is InChI=1S/C12H14F3N3O3/c13-12(14,15)8-3-1-7(2-4-8)5-17-11(21)18-6-9(16)10(19)20/h1-4,9H,5-6,16H2,(H,19,20)(H2,17,18,21). The number of nitrogens with two attached hydrogens (primary N) is 1. The summed E-state index contributed by atoms with van der Waals surface area (Å²) in [4.78, 5) is 21.7. The van der Waals surface area contributed by atoms with Crippen molar-refractivity contribution in [1.82, 2.24) is 10.6 Å². The number of carboxylic acids is 1. The van der Waals surface area contributed by atoms with Crippen LogP contribution < -0.4 is 16.4 Å². The van der Waals surface area contributed by atoms with Gasteiger partial charge in [-0.05, 0) is 17.7 Å². The first kappa shape index (κ1) is 16.8. The Bertz CT molecular complexity index is 503. The highest BCUT2D eigenvalue weighted by atomic mass is 19.4. The first-order chi connectivity index (χ1) is 9.70. The largest absolute Gasteiger partial charge is 0.480 e. The molecule has 0 saturated heterocycles. The van der Waals surface area contributed by atoms with E-state index in [1.165, 1.54) is 12.1 Å². The van der Waals surface area contributed by atoms with Crippen molar-refractivity contribution in [2.75, 3.05) is 6.54 Å². The minimum absolute atomic E-state index is 0.00623. The summed E-state index contributed by atoms with van der Waals surface area (Å²) >= 11 is 0. The van der Waals surface area contributed by atoms with Gasteiger partial charge in [-0.2, -0.15) is 13.2 Å². The highest BCUT2D eigenvalue weighted by Gasteiger charge is 2.29. The van der Waals surface area contributed by atoms with Gasteiger partial charge in [0.05, 0.1) is 5.56 Å². The molecule has 0 radical (unpaired) electrons. The predicted octanol–water partition coefficient (Wildman–Crippen LogP) is 0.917. The predicted molar refractivity (Wildman–Crippen MR) is 67.3 cm³/mol. The molecular weight excluding hydrogens is 291 g/mol. The average Bonchev–Trinajstić information content (AvgIpc) is 2.41.